The number of nitrogens with zero attached hydrogens (tertiary/aromatic N) is 1. The third-order valence-corrected chi connectivity index (χ3v) is 4.67. The second-order valence-electron chi connectivity index (χ2n) is 6.55. The van der Waals surface area contributed by atoms with E-state index in [4.69, 9.17) is 11.6 Å². The fourth-order valence-electron chi connectivity index (χ4n) is 2.90. The predicted octanol–water partition coefficient (Wildman–Crippen LogP) is 5.98. The lowest BCUT2D eigenvalue weighted by Gasteiger charge is -2.20. The van der Waals surface area contributed by atoms with Crippen LogP contribution in [0, 0.1) is 17.0 Å². The molecule has 28 heavy (non-hydrogen) atoms. The smallest absolute Gasteiger partial charge is 0.269 e. The number of carbonyl (C=O) groups excluding carboxylic acids is 1. The van der Waals surface area contributed by atoms with Gasteiger partial charge >= 0.3 is 0 Å². The number of aryl methyl sites for hydroxylation is 1. The molecule has 1 atom stereocenters. The molecule has 1 unspecified atom stereocenters. The van der Waals surface area contributed by atoms with Crippen molar-refractivity contribution in [1.82, 2.24) is 0 Å². The zero-order valence-electron chi connectivity index (χ0n) is 15.3. The lowest BCUT2D eigenvalue weighted by molar-refractivity contribution is -0.384. The van der Waals surface area contributed by atoms with E-state index in [0.29, 0.717) is 16.3 Å². The maximum absolute atomic E-state index is 12.8. The van der Waals surface area contributed by atoms with Crippen molar-refractivity contribution in [2.24, 2.45) is 0 Å². The number of Topliss-reactive ketones (excluding diaryl/α,β-unsaturated/α-hetero) is 1. The van der Waals surface area contributed by atoms with Gasteiger partial charge in [-0.25, -0.2) is 0 Å². The molecule has 142 valence electrons. The molecule has 0 heterocycles. The predicted molar refractivity (Wildman–Crippen MR) is 111 cm³/mol. The Morgan fingerprint density at radius 2 is 1.75 bits per heavy atom. The van der Waals surface area contributed by atoms with Gasteiger partial charge in [-0.05, 0) is 36.8 Å². The molecule has 1 N–H and O–H groups in total. The number of ketones is 1. The molecule has 0 radical (unpaired) electrons. The first-order chi connectivity index (χ1) is 13.4. The van der Waals surface area contributed by atoms with Gasteiger partial charge in [-0.3, -0.25) is 14.9 Å². The minimum Gasteiger partial charge on any atom is -0.378 e. The Hall–Kier alpha value is -3.18. The minimum atomic E-state index is -0.441. The number of nitro groups is 1. The van der Waals surface area contributed by atoms with E-state index in [1.165, 1.54) is 12.1 Å². The molecule has 0 saturated carbocycles. The van der Waals surface area contributed by atoms with Crippen LogP contribution in [-0.4, -0.2) is 10.7 Å². The summed E-state index contributed by atoms with van der Waals surface area (Å²) in [6.45, 7) is 2.00. The summed E-state index contributed by atoms with van der Waals surface area (Å²) >= 11 is 6.01. The van der Waals surface area contributed by atoms with Gasteiger partial charge in [-0.1, -0.05) is 53.6 Å². The molecule has 0 saturated heterocycles. The summed E-state index contributed by atoms with van der Waals surface area (Å²) in [6.07, 6.45) is 0.223. The molecule has 0 aliphatic carbocycles. The van der Waals surface area contributed by atoms with Crippen molar-refractivity contribution >= 4 is 28.8 Å². The van der Waals surface area contributed by atoms with Gasteiger partial charge in [0.25, 0.3) is 5.69 Å². The number of rotatable bonds is 7. The summed E-state index contributed by atoms with van der Waals surface area (Å²) in [5.74, 6) is -0.0394. The summed E-state index contributed by atoms with van der Waals surface area (Å²) in [5, 5.41) is 14.7. The summed E-state index contributed by atoms with van der Waals surface area (Å²) in [7, 11) is 0. The number of anilines is 1. The van der Waals surface area contributed by atoms with Crippen LogP contribution in [0.5, 0.6) is 0 Å². The van der Waals surface area contributed by atoms with Gasteiger partial charge in [-0.15, -0.1) is 0 Å². The van der Waals surface area contributed by atoms with E-state index >= 15 is 0 Å². The monoisotopic (exact) mass is 394 g/mol. The number of benzene rings is 3. The lowest BCUT2D eigenvalue weighted by Crippen LogP contribution is -2.16. The van der Waals surface area contributed by atoms with Crippen molar-refractivity contribution in [3.8, 4) is 0 Å². The van der Waals surface area contributed by atoms with Crippen LogP contribution in [0.2, 0.25) is 5.02 Å². The average Bonchev–Trinajstić information content (AvgIpc) is 2.68. The minimum absolute atomic E-state index is 0.0208. The standard InChI is InChI=1S/C22H19ClN2O3/c1-15-5-7-16(8-6-15)21(14-22(26)17-3-2-4-18(23)13-17)24-19-9-11-20(12-10-19)25(27)28/h2-13,21,24H,14H2,1H3. The third-order valence-electron chi connectivity index (χ3n) is 4.43. The molecule has 5 nitrogen and oxygen atoms in total. The highest BCUT2D eigenvalue weighted by Crippen LogP contribution is 2.26. The molecule has 0 fully saturated rings. The van der Waals surface area contributed by atoms with E-state index in [9.17, 15) is 14.9 Å². The zero-order chi connectivity index (χ0) is 20.1. The number of non-ortho nitro benzene ring substituents is 1. The first-order valence-corrected chi connectivity index (χ1v) is 9.16. The molecule has 0 bridgehead atoms. The maximum Gasteiger partial charge on any atom is 0.269 e. The van der Waals surface area contributed by atoms with Crippen molar-refractivity contribution in [2.45, 2.75) is 19.4 Å². The first-order valence-electron chi connectivity index (χ1n) is 8.79. The summed E-state index contributed by atoms with van der Waals surface area (Å²) in [4.78, 5) is 23.2. The van der Waals surface area contributed by atoms with Crippen LogP contribution >= 0.6 is 11.6 Å². The van der Waals surface area contributed by atoms with Gasteiger partial charge in [0.15, 0.2) is 5.78 Å². The fourth-order valence-corrected chi connectivity index (χ4v) is 3.09. The Bertz CT molecular complexity index is 985. The third kappa shape index (κ3) is 4.96. The van der Waals surface area contributed by atoms with Crippen LogP contribution in [0.3, 0.4) is 0 Å². The molecule has 0 aromatic heterocycles. The van der Waals surface area contributed by atoms with Crippen LogP contribution in [0.1, 0.15) is 33.9 Å². The average molecular weight is 395 g/mol. The van der Waals surface area contributed by atoms with Gasteiger partial charge in [0.1, 0.15) is 0 Å². The zero-order valence-corrected chi connectivity index (χ0v) is 16.0. The highest BCUT2D eigenvalue weighted by molar-refractivity contribution is 6.31. The SMILES string of the molecule is Cc1ccc(C(CC(=O)c2cccc(Cl)c2)Nc2ccc([N+](=O)[O-])cc2)cc1. The van der Waals surface area contributed by atoms with E-state index in [1.807, 2.05) is 31.2 Å². The molecular weight excluding hydrogens is 376 g/mol. The van der Waals surface area contributed by atoms with Crippen LogP contribution in [-0.2, 0) is 0 Å². The highest BCUT2D eigenvalue weighted by atomic mass is 35.5. The van der Waals surface area contributed by atoms with Gasteiger partial charge in [0.2, 0.25) is 0 Å². The van der Waals surface area contributed by atoms with E-state index in [-0.39, 0.29) is 23.9 Å². The molecular formula is C22H19ClN2O3. The molecule has 3 rings (SSSR count). The van der Waals surface area contributed by atoms with Crippen molar-refractivity contribution in [3.63, 3.8) is 0 Å². The number of carbonyl (C=O) groups is 1. The molecule has 0 amide bonds. The normalized spacial score (nSPS) is 11.6. The Labute approximate surface area is 168 Å². The summed E-state index contributed by atoms with van der Waals surface area (Å²) < 4.78 is 0. The number of hydrogen-bond donors (Lipinski definition) is 1. The van der Waals surface area contributed by atoms with Crippen LogP contribution in [0.25, 0.3) is 0 Å². The fraction of sp³-hybridized carbons (Fsp3) is 0.136. The Morgan fingerprint density at radius 3 is 2.36 bits per heavy atom. The van der Waals surface area contributed by atoms with E-state index in [0.717, 1.165) is 11.1 Å². The highest BCUT2D eigenvalue weighted by Gasteiger charge is 2.18. The Morgan fingerprint density at radius 1 is 1.07 bits per heavy atom. The first kappa shape index (κ1) is 19.6. The number of halogens is 1. The van der Waals surface area contributed by atoms with Gasteiger partial charge < -0.3 is 5.32 Å². The van der Waals surface area contributed by atoms with Crippen molar-refractivity contribution in [3.05, 3.63) is 105 Å². The topological polar surface area (TPSA) is 72.2 Å². The lowest BCUT2D eigenvalue weighted by atomic mass is 9.97. The quantitative estimate of drug-likeness (QED) is 0.304. The molecule has 0 aliphatic rings. The Balaban J connectivity index is 1.85. The molecule has 0 aliphatic heterocycles. The maximum atomic E-state index is 12.8. The number of nitrogens with one attached hydrogen (secondary N) is 1. The second kappa shape index (κ2) is 8.67. The van der Waals surface area contributed by atoms with Crippen molar-refractivity contribution in [1.29, 1.82) is 0 Å². The molecule has 6 heteroatoms. The van der Waals surface area contributed by atoms with Crippen LogP contribution in [0.15, 0.2) is 72.8 Å². The van der Waals surface area contributed by atoms with E-state index < -0.39 is 4.92 Å². The van der Waals surface area contributed by atoms with Crippen LogP contribution < -0.4 is 5.32 Å². The summed E-state index contributed by atoms with van der Waals surface area (Å²) in [6, 6.07) is 20.7. The number of nitro benzene ring substituents is 1. The second-order valence-corrected chi connectivity index (χ2v) is 6.99. The van der Waals surface area contributed by atoms with Crippen LogP contribution in [0.4, 0.5) is 11.4 Å². The number of hydrogen-bond acceptors (Lipinski definition) is 4. The molecule has 3 aromatic rings. The Kier molecular flexibility index (Phi) is 6.06. The van der Waals surface area contributed by atoms with Gasteiger partial charge in [0.05, 0.1) is 11.0 Å². The largest absolute Gasteiger partial charge is 0.378 e. The van der Waals surface area contributed by atoms with Crippen molar-refractivity contribution < 1.29 is 9.72 Å². The molecule has 3 aromatic carbocycles. The van der Waals surface area contributed by atoms with E-state index in [2.05, 4.69) is 5.32 Å². The molecule has 0 spiro atoms. The summed E-state index contributed by atoms with van der Waals surface area (Å²) in [5.41, 5.74) is 3.36. The van der Waals surface area contributed by atoms with Gasteiger partial charge in [0, 0.05) is 34.8 Å². The van der Waals surface area contributed by atoms with Gasteiger partial charge in [-0.2, -0.15) is 0 Å². The van der Waals surface area contributed by atoms with E-state index in [1.54, 1.807) is 36.4 Å². The van der Waals surface area contributed by atoms with Crippen molar-refractivity contribution in [2.75, 3.05) is 5.32 Å².